The van der Waals surface area contributed by atoms with Crippen molar-refractivity contribution in [2.45, 2.75) is 18.4 Å². The number of benzene rings is 1. The van der Waals surface area contributed by atoms with Gasteiger partial charge in [-0.05, 0) is 24.0 Å². The first-order valence-electron chi connectivity index (χ1n) is 5.28. The topological polar surface area (TPSA) is 55.1 Å². The zero-order valence-corrected chi connectivity index (χ0v) is 11.7. The van der Waals surface area contributed by atoms with E-state index in [4.69, 9.17) is 5.73 Å². The summed E-state index contributed by atoms with van der Waals surface area (Å²) in [5.41, 5.74) is 6.52. The van der Waals surface area contributed by atoms with Gasteiger partial charge >= 0.3 is 0 Å². The minimum atomic E-state index is -0.120. The number of hydrogen-bond acceptors (Lipinski definition) is 3. The van der Waals surface area contributed by atoms with Crippen LogP contribution in [0.3, 0.4) is 0 Å². The SMILES string of the molecule is CSc1ccc(CNC(=O)C(C)CN)cc1.Cl. The molecule has 1 atom stereocenters. The summed E-state index contributed by atoms with van der Waals surface area (Å²) >= 11 is 1.71. The van der Waals surface area contributed by atoms with E-state index in [2.05, 4.69) is 17.4 Å². The Hall–Kier alpha value is -0.710. The van der Waals surface area contributed by atoms with Gasteiger partial charge in [-0.1, -0.05) is 19.1 Å². The maximum atomic E-state index is 11.5. The number of halogens is 1. The molecule has 3 N–H and O–H groups in total. The minimum Gasteiger partial charge on any atom is -0.352 e. The Morgan fingerprint density at radius 1 is 1.41 bits per heavy atom. The van der Waals surface area contributed by atoms with E-state index in [0.717, 1.165) is 5.56 Å². The summed E-state index contributed by atoms with van der Waals surface area (Å²) in [5.74, 6) is -0.109. The Labute approximate surface area is 113 Å². The molecule has 0 heterocycles. The van der Waals surface area contributed by atoms with Gasteiger partial charge in [0.05, 0.1) is 0 Å². The maximum Gasteiger partial charge on any atom is 0.224 e. The van der Waals surface area contributed by atoms with Crippen LogP contribution >= 0.6 is 24.2 Å². The predicted molar refractivity (Wildman–Crippen MR) is 75.5 cm³/mol. The standard InChI is InChI=1S/C12H18N2OS.ClH/c1-9(7-13)12(15)14-8-10-3-5-11(16-2)6-4-10;/h3-6,9H,7-8,13H2,1-2H3,(H,14,15);1H. The molecule has 0 fully saturated rings. The van der Waals surface area contributed by atoms with Gasteiger partial charge in [0.15, 0.2) is 0 Å². The summed E-state index contributed by atoms with van der Waals surface area (Å²) in [6, 6.07) is 8.16. The first-order chi connectivity index (χ1) is 7.67. The third-order valence-electron chi connectivity index (χ3n) is 2.43. The highest BCUT2D eigenvalue weighted by atomic mass is 35.5. The molecule has 96 valence electrons. The lowest BCUT2D eigenvalue weighted by molar-refractivity contribution is -0.124. The second kappa shape index (κ2) is 8.39. The van der Waals surface area contributed by atoms with Crippen LogP contribution in [0.5, 0.6) is 0 Å². The van der Waals surface area contributed by atoms with Crippen LogP contribution in [0.4, 0.5) is 0 Å². The number of amides is 1. The maximum absolute atomic E-state index is 11.5. The van der Waals surface area contributed by atoms with E-state index in [1.165, 1.54) is 4.90 Å². The van der Waals surface area contributed by atoms with Gasteiger partial charge in [0.25, 0.3) is 0 Å². The Morgan fingerprint density at radius 3 is 2.47 bits per heavy atom. The number of thioether (sulfide) groups is 1. The van der Waals surface area contributed by atoms with Gasteiger partial charge in [-0.2, -0.15) is 0 Å². The van der Waals surface area contributed by atoms with Crippen molar-refractivity contribution in [1.82, 2.24) is 5.32 Å². The van der Waals surface area contributed by atoms with Crippen molar-refractivity contribution in [3.63, 3.8) is 0 Å². The molecule has 3 nitrogen and oxygen atoms in total. The van der Waals surface area contributed by atoms with Crippen molar-refractivity contribution in [3.05, 3.63) is 29.8 Å². The van der Waals surface area contributed by atoms with Gasteiger partial charge < -0.3 is 11.1 Å². The fraction of sp³-hybridized carbons (Fsp3) is 0.417. The van der Waals surface area contributed by atoms with Gasteiger partial charge in [0, 0.05) is 23.9 Å². The Morgan fingerprint density at radius 2 is 2.00 bits per heavy atom. The molecule has 0 saturated heterocycles. The summed E-state index contributed by atoms with van der Waals surface area (Å²) in [6.07, 6.45) is 2.04. The van der Waals surface area contributed by atoms with Crippen molar-refractivity contribution in [3.8, 4) is 0 Å². The molecule has 0 radical (unpaired) electrons. The normalized spacial score (nSPS) is 11.5. The second-order valence-electron chi connectivity index (χ2n) is 3.70. The molecule has 1 aromatic carbocycles. The van der Waals surface area contributed by atoms with Gasteiger partial charge in [-0.25, -0.2) is 0 Å². The molecule has 1 amide bonds. The number of carbonyl (C=O) groups is 1. The lowest BCUT2D eigenvalue weighted by Gasteiger charge is -2.10. The van der Waals surface area contributed by atoms with Crippen molar-refractivity contribution in [1.29, 1.82) is 0 Å². The number of nitrogens with two attached hydrogens (primary N) is 1. The molecule has 0 saturated carbocycles. The molecule has 17 heavy (non-hydrogen) atoms. The monoisotopic (exact) mass is 274 g/mol. The summed E-state index contributed by atoms with van der Waals surface area (Å²) in [4.78, 5) is 12.7. The highest BCUT2D eigenvalue weighted by Gasteiger charge is 2.09. The highest BCUT2D eigenvalue weighted by molar-refractivity contribution is 7.98. The summed E-state index contributed by atoms with van der Waals surface area (Å²) < 4.78 is 0. The van der Waals surface area contributed by atoms with Crippen molar-refractivity contribution >= 4 is 30.1 Å². The molecule has 5 heteroatoms. The molecule has 0 aliphatic rings. The van der Waals surface area contributed by atoms with Gasteiger partial charge in [-0.3, -0.25) is 4.79 Å². The van der Waals surface area contributed by atoms with Gasteiger partial charge in [0.1, 0.15) is 0 Å². The molecule has 1 unspecified atom stereocenters. The molecule has 0 spiro atoms. The van der Waals surface area contributed by atoms with Gasteiger partial charge in [0.2, 0.25) is 5.91 Å². The van der Waals surface area contributed by atoms with Crippen LogP contribution in [0.1, 0.15) is 12.5 Å². The second-order valence-corrected chi connectivity index (χ2v) is 4.58. The largest absolute Gasteiger partial charge is 0.352 e. The highest BCUT2D eigenvalue weighted by Crippen LogP contribution is 2.14. The van der Waals surface area contributed by atoms with Crippen LogP contribution in [-0.2, 0) is 11.3 Å². The van der Waals surface area contributed by atoms with E-state index < -0.39 is 0 Å². The average molecular weight is 275 g/mol. The van der Waals surface area contributed by atoms with E-state index in [9.17, 15) is 4.79 Å². The third-order valence-corrected chi connectivity index (χ3v) is 3.17. The number of carbonyl (C=O) groups excluding carboxylic acids is 1. The molecule has 1 rings (SSSR count). The van der Waals surface area contributed by atoms with E-state index in [1.807, 2.05) is 25.3 Å². The van der Waals surface area contributed by atoms with Crippen LogP contribution in [0.15, 0.2) is 29.2 Å². The summed E-state index contributed by atoms with van der Waals surface area (Å²) in [6.45, 7) is 2.78. The lowest BCUT2D eigenvalue weighted by Crippen LogP contribution is -2.32. The fourth-order valence-electron chi connectivity index (χ4n) is 1.21. The van der Waals surface area contributed by atoms with Crippen molar-refractivity contribution in [2.24, 2.45) is 11.7 Å². The van der Waals surface area contributed by atoms with Crippen molar-refractivity contribution < 1.29 is 4.79 Å². The van der Waals surface area contributed by atoms with Crippen LogP contribution in [0.2, 0.25) is 0 Å². The van der Waals surface area contributed by atoms with Crippen molar-refractivity contribution in [2.75, 3.05) is 12.8 Å². The minimum absolute atomic E-state index is 0. The fourth-order valence-corrected chi connectivity index (χ4v) is 1.62. The Balaban J connectivity index is 0.00000256. The number of hydrogen-bond donors (Lipinski definition) is 2. The summed E-state index contributed by atoms with van der Waals surface area (Å²) in [5, 5.41) is 2.86. The van der Waals surface area contributed by atoms with Crippen LogP contribution in [0, 0.1) is 5.92 Å². The van der Waals surface area contributed by atoms with Crippen LogP contribution < -0.4 is 11.1 Å². The van der Waals surface area contributed by atoms with Crippen LogP contribution in [-0.4, -0.2) is 18.7 Å². The number of rotatable bonds is 5. The van der Waals surface area contributed by atoms with E-state index in [1.54, 1.807) is 11.8 Å². The smallest absolute Gasteiger partial charge is 0.224 e. The number of nitrogens with one attached hydrogen (secondary N) is 1. The molecule has 0 aromatic heterocycles. The van der Waals surface area contributed by atoms with Crippen LogP contribution in [0.25, 0.3) is 0 Å². The molecule has 0 bridgehead atoms. The zero-order chi connectivity index (χ0) is 12.0. The third kappa shape index (κ3) is 5.44. The Bertz CT molecular complexity index is 343. The molecular formula is C12H19ClN2OS. The average Bonchev–Trinajstić information content (AvgIpc) is 2.35. The van der Waals surface area contributed by atoms with E-state index in [0.29, 0.717) is 13.1 Å². The van der Waals surface area contributed by atoms with E-state index >= 15 is 0 Å². The molecule has 0 aliphatic carbocycles. The molecule has 0 aliphatic heterocycles. The Kier molecular flexibility index (Phi) is 8.04. The molecular weight excluding hydrogens is 256 g/mol. The lowest BCUT2D eigenvalue weighted by atomic mass is 10.1. The quantitative estimate of drug-likeness (QED) is 0.808. The molecule has 1 aromatic rings. The zero-order valence-electron chi connectivity index (χ0n) is 10.1. The predicted octanol–water partition coefficient (Wildman–Crippen LogP) is 2.04. The first-order valence-corrected chi connectivity index (χ1v) is 6.50. The first kappa shape index (κ1) is 16.3. The van der Waals surface area contributed by atoms with Gasteiger partial charge in [-0.15, -0.1) is 24.2 Å². The van der Waals surface area contributed by atoms with E-state index in [-0.39, 0.29) is 24.2 Å². The summed E-state index contributed by atoms with van der Waals surface area (Å²) in [7, 11) is 0.